The van der Waals surface area contributed by atoms with Gasteiger partial charge in [-0.15, -0.1) is 0 Å². The van der Waals surface area contributed by atoms with Crippen LogP contribution in [-0.4, -0.2) is 28.5 Å². The van der Waals surface area contributed by atoms with Crippen molar-refractivity contribution < 1.29 is 13.2 Å². The lowest BCUT2D eigenvalue weighted by Gasteiger charge is -2.14. The van der Waals surface area contributed by atoms with Crippen molar-refractivity contribution >= 4 is 61.2 Å². The molecule has 4 aromatic rings. The van der Waals surface area contributed by atoms with Gasteiger partial charge >= 0.3 is 0 Å². The fourth-order valence-electron chi connectivity index (χ4n) is 2.98. The second kappa shape index (κ2) is 9.06. The average molecular weight is 506 g/mol. The normalized spacial score (nSPS) is 12.1. The number of halogens is 2. The first-order chi connectivity index (χ1) is 14.9. The maximum atomic E-state index is 14.3. The molecule has 0 bridgehead atoms. The molecule has 2 aromatic carbocycles. The van der Waals surface area contributed by atoms with Crippen LogP contribution in [0.4, 0.5) is 27.5 Å². The molecule has 0 fully saturated rings. The third-order valence-corrected chi connectivity index (χ3v) is 5.47. The van der Waals surface area contributed by atoms with Crippen LogP contribution in [0.15, 0.2) is 53.3 Å². The van der Waals surface area contributed by atoms with Crippen molar-refractivity contribution in [3.63, 3.8) is 0 Å². The third-order valence-electron chi connectivity index (χ3n) is 4.49. The smallest absolute Gasteiger partial charge is 0.232 e. The van der Waals surface area contributed by atoms with Crippen molar-refractivity contribution in [2.24, 2.45) is 7.05 Å². The summed E-state index contributed by atoms with van der Waals surface area (Å²) >= 11 is 1.13. The zero-order chi connectivity index (χ0) is 22.0. The highest BCUT2D eigenvalue weighted by atomic mass is 79.9. The largest absolute Gasteiger partial charge is 0.339 e. The van der Waals surface area contributed by atoms with E-state index in [-0.39, 0.29) is 12.1 Å². The number of aryl methyl sites for hydroxylation is 1. The molecule has 1 atom stereocenters. The monoisotopic (exact) mass is 505 g/mol. The highest BCUT2D eigenvalue weighted by Crippen LogP contribution is 2.28. The molecule has 0 spiro atoms. The molecule has 1 unspecified atom stereocenters. The number of rotatable bonds is 7. The van der Waals surface area contributed by atoms with Crippen LogP contribution in [-0.2, 0) is 24.9 Å². The van der Waals surface area contributed by atoms with Gasteiger partial charge in [0.2, 0.25) is 17.2 Å². The van der Waals surface area contributed by atoms with Gasteiger partial charge in [0.1, 0.15) is 11.6 Å². The van der Waals surface area contributed by atoms with Gasteiger partial charge in [-0.05, 0) is 46.3 Å². The maximum absolute atomic E-state index is 14.3. The lowest BCUT2D eigenvalue weighted by atomic mass is 10.1. The summed E-state index contributed by atoms with van der Waals surface area (Å²) < 4.78 is 38.8. The summed E-state index contributed by atoms with van der Waals surface area (Å²) in [5, 5.41) is 11.4. The molecule has 0 aliphatic heterocycles. The van der Waals surface area contributed by atoms with Crippen molar-refractivity contribution in [2.45, 2.75) is 6.54 Å². The van der Waals surface area contributed by atoms with Crippen LogP contribution in [0.3, 0.4) is 0 Å². The van der Waals surface area contributed by atoms with Gasteiger partial charge in [-0.25, -0.2) is 18.3 Å². The summed E-state index contributed by atoms with van der Waals surface area (Å²) in [4.78, 5) is 8.74. The van der Waals surface area contributed by atoms with Gasteiger partial charge in [0.15, 0.2) is 0 Å². The number of nitrogens with one attached hydrogen (secondary N) is 3. The molecule has 9 nitrogen and oxygen atoms in total. The van der Waals surface area contributed by atoms with Crippen LogP contribution >= 0.6 is 15.9 Å². The van der Waals surface area contributed by atoms with E-state index in [0.29, 0.717) is 21.9 Å². The summed E-state index contributed by atoms with van der Waals surface area (Å²) in [5.41, 5.74) is 2.34. The first-order valence-electron chi connectivity index (χ1n) is 9.01. The Morgan fingerprint density at radius 3 is 2.87 bits per heavy atom. The summed E-state index contributed by atoms with van der Waals surface area (Å²) in [6.07, 6.45) is 3.36. The molecule has 0 radical (unpaired) electrons. The van der Waals surface area contributed by atoms with Crippen molar-refractivity contribution in [2.75, 3.05) is 10.6 Å². The Morgan fingerprint density at radius 1 is 1.23 bits per heavy atom. The van der Waals surface area contributed by atoms with E-state index in [1.165, 1.54) is 12.1 Å². The molecular weight excluding hydrogens is 489 g/mol. The Balaban J connectivity index is 1.60. The van der Waals surface area contributed by atoms with Crippen LogP contribution in [0.1, 0.15) is 5.56 Å². The van der Waals surface area contributed by atoms with Gasteiger partial charge in [-0.2, -0.15) is 10.1 Å². The Labute approximate surface area is 187 Å². The number of fused-ring (bicyclic) bond motifs is 1. The summed E-state index contributed by atoms with van der Waals surface area (Å²) in [6.45, 7) is -0.142. The third kappa shape index (κ3) is 4.88. The zero-order valence-corrected chi connectivity index (χ0v) is 18.5. The minimum Gasteiger partial charge on any atom is -0.339 e. The average Bonchev–Trinajstić information content (AvgIpc) is 3.10. The number of hydrogen-bond donors (Lipinski definition) is 4. The number of hydrogen-bond acceptors (Lipinski definition) is 6. The number of anilines is 4. The van der Waals surface area contributed by atoms with Crippen molar-refractivity contribution in [3.05, 3.63) is 64.6 Å². The Morgan fingerprint density at radius 2 is 2.06 bits per heavy atom. The second-order valence-electron chi connectivity index (χ2n) is 6.52. The molecule has 2 heterocycles. The molecule has 0 aliphatic carbocycles. The van der Waals surface area contributed by atoms with Crippen LogP contribution < -0.4 is 15.4 Å². The number of benzene rings is 2. The topological polar surface area (TPSA) is 117 Å². The van der Waals surface area contributed by atoms with Crippen LogP contribution in [0.25, 0.3) is 10.9 Å². The van der Waals surface area contributed by atoms with E-state index >= 15 is 0 Å². The Hall–Kier alpha value is -2.93. The van der Waals surface area contributed by atoms with Gasteiger partial charge < -0.3 is 10.6 Å². The van der Waals surface area contributed by atoms with E-state index in [1.807, 2.05) is 25.2 Å². The summed E-state index contributed by atoms with van der Waals surface area (Å²) in [7, 11) is 1.86. The zero-order valence-electron chi connectivity index (χ0n) is 16.1. The first-order valence-corrected chi connectivity index (χ1v) is 10.9. The highest BCUT2D eigenvalue weighted by Gasteiger charge is 2.13. The molecule has 2 aromatic heterocycles. The van der Waals surface area contributed by atoms with Gasteiger partial charge in [-0.3, -0.25) is 9.23 Å². The number of aromatic nitrogens is 4. The van der Waals surface area contributed by atoms with E-state index in [2.05, 4.69) is 46.4 Å². The Bertz CT molecular complexity index is 1280. The van der Waals surface area contributed by atoms with Gasteiger partial charge in [0.05, 0.1) is 16.2 Å². The Kier molecular flexibility index (Phi) is 6.23. The van der Waals surface area contributed by atoms with Gasteiger partial charge in [-0.1, -0.05) is 6.07 Å². The maximum Gasteiger partial charge on any atom is 0.232 e. The van der Waals surface area contributed by atoms with Gasteiger partial charge in [0.25, 0.3) is 0 Å². The van der Waals surface area contributed by atoms with E-state index < -0.39 is 17.1 Å². The SMILES string of the molecule is Cn1ncc2ccc(Nc3ncc(Br)c(Nc4cccc(F)c4CNS(=O)O)n3)cc21. The fourth-order valence-corrected chi connectivity index (χ4v) is 3.54. The van der Waals surface area contributed by atoms with Crippen LogP contribution in [0.5, 0.6) is 0 Å². The molecule has 31 heavy (non-hydrogen) atoms. The van der Waals surface area contributed by atoms with Gasteiger partial charge in [0, 0.05) is 42.1 Å². The lowest BCUT2D eigenvalue weighted by molar-refractivity contribution is 0.545. The number of nitrogens with zero attached hydrogens (tertiary/aromatic N) is 4. The summed E-state index contributed by atoms with van der Waals surface area (Å²) in [5.74, 6) is 0.215. The molecule has 0 saturated heterocycles. The van der Waals surface area contributed by atoms with Crippen molar-refractivity contribution in [3.8, 4) is 0 Å². The van der Waals surface area contributed by atoms with Crippen LogP contribution in [0, 0.1) is 5.82 Å². The molecule has 160 valence electrons. The quantitative estimate of drug-likeness (QED) is 0.280. The minimum atomic E-state index is -2.26. The van der Waals surface area contributed by atoms with Crippen molar-refractivity contribution in [1.29, 1.82) is 0 Å². The minimum absolute atomic E-state index is 0.142. The summed E-state index contributed by atoms with van der Waals surface area (Å²) in [6, 6.07) is 10.2. The molecule has 0 aliphatic rings. The van der Waals surface area contributed by atoms with E-state index in [9.17, 15) is 8.60 Å². The molecule has 4 rings (SSSR count). The standard InChI is InChI=1S/C19H17BrFN7O2S/c1-28-17-7-12(6-5-11(17)8-23-28)25-19-22-10-14(20)18(27-19)26-16-4-2-3-15(21)13(16)9-24-31(29)30/h2-8,10,24H,9H2,1H3,(H,29,30)(H2,22,25,26,27). The predicted molar refractivity (Wildman–Crippen MR) is 121 cm³/mol. The fraction of sp³-hybridized carbons (Fsp3) is 0.105. The first kappa shape index (κ1) is 21.3. The van der Waals surface area contributed by atoms with Crippen LogP contribution in [0.2, 0.25) is 0 Å². The van der Waals surface area contributed by atoms with E-state index in [1.54, 1.807) is 23.1 Å². The molecule has 12 heteroatoms. The molecule has 4 N–H and O–H groups in total. The van der Waals surface area contributed by atoms with Crippen molar-refractivity contribution in [1.82, 2.24) is 24.5 Å². The highest BCUT2D eigenvalue weighted by molar-refractivity contribution is 9.10. The molecule has 0 amide bonds. The molecular formula is C19H17BrFN7O2S. The lowest BCUT2D eigenvalue weighted by Crippen LogP contribution is -2.17. The van der Waals surface area contributed by atoms with E-state index in [4.69, 9.17) is 4.55 Å². The predicted octanol–water partition coefficient (Wildman–Crippen LogP) is 3.98. The van der Waals surface area contributed by atoms with E-state index in [0.717, 1.165) is 16.6 Å². The second-order valence-corrected chi connectivity index (χ2v) is 8.16. The molecule has 0 saturated carbocycles.